The van der Waals surface area contributed by atoms with E-state index in [0.29, 0.717) is 17.9 Å². The molecule has 2 fully saturated rings. The van der Waals surface area contributed by atoms with Crippen molar-refractivity contribution in [2.24, 2.45) is 22.2 Å². The zero-order valence-electron chi connectivity index (χ0n) is 37.5. The monoisotopic (exact) mass is 883 g/mol. The standard InChI is InChI=1S/C50H58N7O6P/c1-33(2)57(34(3)4)64(61-28-14-27-51)62-30-49-29-42(49)44(56-32-54-43-46(52-31-53-47(43)56)55-48(58)36-15-10-8-11-16-36)35(5)45(49)63-50(37-17-12-9-13-18-37,38-19-23-40(59-6)24-20-38)39-21-25-41(60-7)26-22-39/h8-13,15-26,31-35,42,44-46H,14,28-30H2,1-7H3,(H,52,53)(H,55,58)/t35-,42+,44-,45-,46?,49+,64?/m0/s1. The lowest BCUT2D eigenvalue weighted by Gasteiger charge is -2.43. The van der Waals surface area contributed by atoms with E-state index in [9.17, 15) is 10.1 Å². The van der Waals surface area contributed by atoms with Gasteiger partial charge in [-0.3, -0.25) is 4.79 Å². The molecule has 14 heteroatoms. The Hall–Kier alpha value is -5.61. The molecule has 2 heterocycles. The summed E-state index contributed by atoms with van der Waals surface area (Å²) in [5, 5.41) is 15.9. The SMILES string of the molecule is COc1ccc(C(O[C@H]2[C@@H](C)[C@H](n3cnc4c3NC=NC4NC(=O)c3ccccc3)[C@H]3C[C@@]32COP(OCCC#N)N(C(C)C)C(C)C)(c2ccccc2)c2ccc(OC)cc2)cc1. The molecule has 7 atom stereocenters. The van der Waals surface area contributed by atoms with Gasteiger partial charge < -0.3 is 38.5 Å². The van der Waals surface area contributed by atoms with Gasteiger partial charge >= 0.3 is 0 Å². The molecule has 2 aliphatic carbocycles. The van der Waals surface area contributed by atoms with Gasteiger partial charge in [-0.1, -0.05) is 79.7 Å². The highest BCUT2D eigenvalue weighted by molar-refractivity contribution is 7.44. The molecule has 0 bridgehead atoms. The molecule has 8 rings (SSSR count). The minimum atomic E-state index is -1.54. The van der Waals surface area contributed by atoms with E-state index in [0.717, 1.165) is 40.4 Å². The second-order valence-electron chi connectivity index (χ2n) is 17.3. The summed E-state index contributed by atoms with van der Waals surface area (Å²) in [5.74, 6) is 2.07. The van der Waals surface area contributed by atoms with Crippen molar-refractivity contribution in [2.75, 3.05) is 32.8 Å². The number of hydrogen-bond acceptors (Lipinski definition) is 11. The van der Waals surface area contributed by atoms with Crippen molar-refractivity contribution >= 4 is 26.6 Å². The van der Waals surface area contributed by atoms with E-state index in [4.69, 9.17) is 28.2 Å². The van der Waals surface area contributed by atoms with Gasteiger partial charge in [0, 0.05) is 35.0 Å². The second-order valence-corrected chi connectivity index (χ2v) is 18.8. The molecule has 64 heavy (non-hydrogen) atoms. The summed E-state index contributed by atoms with van der Waals surface area (Å²) in [6.07, 6.45) is 3.56. The molecule has 13 nitrogen and oxygen atoms in total. The number of nitrogens with one attached hydrogen (secondary N) is 2. The number of benzene rings is 4. The summed E-state index contributed by atoms with van der Waals surface area (Å²) in [5.41, 5.74) is 2.49. The molecular formula is C50H58N7O6P. The molecule has 334 valence electrons. The summed E-state index contributed by atoms with van der Waals surface area (Å²) >= 11 is 0. The number of aromatic nitrogens is 2. The third-order valence-electron chi connectivity index (χ3n) is 12.9. The molecule has 5 aromatic rings. The first-order valence-electron chi connectivity index (χ1n) is 22.0. The maximum Gasteiger partial charge on any atom is 0.259 e. The van der Waals surface area contributed by atoms with Crippen LogP contribution in [0.15, 0.2) is 121 Å². The Morgan fingerprint density at radius 1 is 0.906 bits per heavy atom. The Kier molecular flexibility index (Phi) is 13.5. The van der Waals surface area contributed by atoms with Crippen molar-refractivity contribution in [1.29, 1.82) is 5.26 Å². The normalized spacial score (nSPS) is 22.7. The van der Waals surface area contributed by atoms with Gasteiger partial charge in [-0.25, -0.2) is 14.6 Å². The van der Waals surface area contributed by atoms with Gasteiger partial charge in [-0.2, -0.15) is 5.26 Å². The van der Waals surface area contributed by atoms with E-state index in [1.807, 2.05) is 54.9 Å². The van der Waals surface area contributed by atoms with Gasteiger partial charge in [0.1, 0.15) is 28.6 Å². The van der Waals surface area contributed by atoms with Crippen LogP contribution in [0.3, 0.4) is 0 Å². The molecule has 1 aromatic heterocycles. The number of anilines is 1. The number of nitrogens with zero attached hydrogens (tertiary/aromatic N) is 5. The van der Waals surface area contributed by atoms with Crippen molar-refractivity contribution < 1.29 is 28.1 Å². The molecule has 0 spiro atoms. The second kappa shape index (κ2) is 19.2. The van der Waals surface area contributed by atoms with Crippen LogP contribution in [0.25, 0.3) is 0 Å². The van der Waals surface area contributed by atoms with Crippen LogP contribution in [0.5, 0.6) is 11.5 Å². The first-order valence-corrected chi connectivity index (χ1v) is 23.1. The zero-order chi connectivity index (χ0) is 45.0. The van der Waals surface area contributed by atoms with Gasteiger partial charge in [0.25, 0.3) is 14.4 Å². The predicted octanol–water partition coefficient (Wildman–Crippen LogP) is 9.65. The molecule has 1 amide bonds. The fourth-order valence-corrected chi connectivity index (χ4v) is 11.6. The van der Waals surface area contributed by atoms with E-state index in [1.54, 1.807) is 32.7 Å². The molecule has 4 aromatic carbocycles. The number of methoxy groups -OCH3 is 2. The first kappa shape index (κ1) is 45.0. The Balaban J connectivity index is 1.23. The topological polar surface area (TPSA) is 144 Å². The average Bonchev–Trinajstić information content (AvgIpc) is 3.79. The van der Waals surface area contributed by atoms with Crippen molar-refractivity contribution in [2.45, 2.75) is 83.5 Å². The van der Waals surface area contributed by atoms with Crippen LogP contribution >= 0.6 is 8.53 Å². The molecule has 0 radical (unpaired) electrons. The number of ether oxygens (including phenoxy) is 3. The zero-order valence-corrected chi connectivity index (χ0v) is 38.4. The third-order valence-corrected chi connectivity index (χ3v) is 14.9. The summed E-state index contributed by atoms with van der Waals surface area (Å²) in [6.45, 7) is 11.5. The van der Waals surface area contributed by atoms with E-state index in [1.165, 1.54) is 0 Å². The van der Waals surface area contributed by atoms with Crippen LogP contribution in [0, 0.1) is 28.6 Å². The minimum absolute atomic E-state index is 0.0738. The van der Waals surface area contributed by atoms with Crippen molar-refractivity contribution in [3.05, 3.63) is 143 Å². The molecule has 2 saturated carbocycles. The fourth-order valence-electron chi connectivity index (χ4n) is 9.93. The van der Waals surface area contributed by atoms with Crippen LogP contribution in [0.1, 0.15) is 92.4 Å². The van der Waals surface area contributed by atoms with Gasteiger partial charge in [0.2, 0.25) is 0 Å². The number of nitriles is 1. The number of fused-ring (bicyclic) bond motifs is 2. The minimum Gasteiger partial charge on any atom is -0.497 e. The highest BCUT2D eigenvalue weighted by atomic mass is 31.2. The highest BCUT2D eigenvalue weighted by Gasteiger charge is 2.73. The lowest BCUT2D eigenvalue weighted by Crippen LogP contribution is -2.43. The summed E-state index contributed by atoms with van der Waals surface area (Å²) in [6, 6.07) is 38.2. The largest absolute Gasteiger partial charge is 0.497 e. The molecule has 2 unspecified atom stereocenters. The number of imidazole rings is 1. The lowest BCUT2D eigenvalue weighted by molar-refractivity contribution is -0.105. The quantitative estimate of drug-likeness (QED) is 0.0467. The average molecular weight is 884 g/mol. The van der Waals surface area contributed by atoms with E-state index < -0.39 is 25.7 Å². The smallest absolute Gasteiger partial charge is 0.259 e. The number of aliphatic imine (C=N–C) groups is 1. The third kappa shape index (κ3) is 8.53. The molecular weight excluding hydrogens is 826 g/mol. The van der Waals surface area contributed by atoms with Gasteiger partial charge in [0.05, 0.1) is 58.7 Å². The first-order chi connectivity index (χ1) is 31.1. The van der Waals surface area contributed by atoms with Crippen LogP contribution in [-0.4, -0.2) is 72.1 Å². The molecule has 3 aliphatic rings. The summed E-state index contributed by atoms with van der Waals surface area (Å²) in [4.78, 5) is 22.9. The number of rotatable bonds is 19. The van der Waals surface area contributed by atoms with Gasteiger partial charge in [-0.05, 0) is 93.1 Å². The highest BCUT2D eigenvalue weighted by Crippen LogP contribution is 2.73. The maximum atomic E-state index is 13.4. The van der Waals surface area contributed by atoms with Crippen molar-refractivity contribution in [3.63, 3.8) is 0 Å². The molecule has 0 saturated heterocycles. The summed E-state index contributed by atoms with van der Waals surface area (Å²) in [7, 11) is 1.81. The Morgan fingerprint density at radius 3 is 2.08 bits per heavy atom. The number of carbonyl (C=O) groups excluding carboxylic acids is 1. The Morgan fingerprint density at radius 2 is 1.50 bits per heavy atom. The van der Waals surface area contributed by atoms with Gasteiger partial charge in [0.15, 0.2) is 6.17 Å². The molecule has 1 aliphatic heterocycles. The van der Waals surface area contributed by atoms with Crippen LogP contribution in [-0.2, 0) is 19.4 Å². The number of amides is 1. The molecule has 2 N–H and O–H groups in total. The van der Waals surface area contributed by atoms with Crippen LogP contribution in [0.2, 0.25) is 0 Å². The maximum absolute atomic E-state index is 13.4. The van der Waals surface area contributed by atoms with Crippen LogP contribution < -0.4 is 20.1 Å². The van der Waals surface area contributed by atoms with Crippen LogP contribution in [0.4, 0.5) is 5.82 Å². The summed E-state index contributed by atoms with van der Waals surface area (Å²) < 4.78 is 37.4. The van der Waals surface area contributed by atoms with Gasteiger partial charge in [-0.15, -0.1) is 0 Å². The predicted molar refractivity (Wildman–Crippen MR) is 248 cm³/mol. The number of hydrogen-bond donors (Lipinski definition) is 2. The lowest BCUT2D eigenvalue weighted by atomic mass is 9.79. The van der Waals surface area contributed by atoms with E-state index in [2.05, 4.69) is 114 Å². The van der Waals surface area contributed by atoms with Crippen molar-refractivity contribution in [1.82, 2.24) is 19.5 Å². The van der Waals surface area contributed by atoms with E-state index in [-0.39, 0.29) is 55.0 Å². The Bertz CT molecular complexity index is 2370. The Labute approximate surface area is 377 Å². The number of carbonyl (C=O) groups is 1. The van der Waals surface area contributed by atoms with Crippen molar-refractivity contribution in [3.8, 4) is 17.6 Å². The van der Waals surface area contributed by atoms with E-state index >= 15 is 0 Å². The fraction of sp³-hybridized carbons (Fsp3) is 0.400.